The molecule has 6 rings (SSSR count). The summed E-state index contributed by atoms with van der Waals surface area (Å²) < 4.78 is 0.988. The molecule has 2 unspecified atom stereocenters. The van der Waals surface area contributed by atoms with Gasteiger partial charge in [0.25, 0.3) is 0 Å². The zero-order valence-corrected chi connectivity index (χ0v) is 15.3. The molecule has 0 amide bonds. The van der Waals surface area contributed by atoms with E-state index in [9.17, 15) is 10.5 Å². The summed E-state index contributed by atoms with van der Waals surface area (Å²) in [6.45, 7) is 0. The van der Waals surface area contributed by atoms with Gasteiger partial charge >= 0.3 is 0 Å². The molecule has 25 heavy (non-hydrogen) atoms. The molecule has 3 heteroatoms. The highest BCUT2D eigenvalue weighted by Crippen LogP contribution is 2.56. The van der Waals surface area contributed by atoms with E-state index in [-0.39, 0.29) is 11.8 Å². The summed E-state index contributed by atoms with van der Waals surface area (Å²) in [6, 6.07) is 23.4. The van der Waals surface area contributed by atoms with Crippen molar-refractivity contribution < 1.29 is 0 Å². The lowest BCUT2D eigenvalue weighted by atomic mass is 9.61. The van der Waals surface area contributed by atoms with Gasteiger partial charge in [-0.15, -0.1) is 0 Å². The zero-order chi connectivity index (χ0) is 17.1. The van der Waals surface area contributed by atoms with E-state index in [1.807, 2.05) is 12.1 Å². The Morgan fingerprint density at radius 1 is 0.680 bits per heavy atom. The van der Waals surface area contributed by atoms with Gasteiger partial charge in [-0.05, 0) is 80.2 Å². The van der Waals surface area contributed by atoms with E-state index in [4.69, 9.17) is 0 Å². The van der Waals surface area contributed by atoms with Gasteiger partial charge in [-0.2, -0.15) is 10.5 Å². The molecule has 0 N–H and O–H groups in total. The molecule has 116 valence electrons. The minimum Gasteiger partial charge on any atom is -0.192 e. The van der Waals surface area contributed by atoms with Crippen molar-refractivity contribution in [3.63, 3.8) is 0 Å². The first-order valence-electron chi connectivity index (χ1n) is 8.09. The number of nitriles is 2. The number of benzene rings is 3. The third-order valence-electron chi connectivity index (χ3n) is 5.37. The predicted octanol–water partition coefficient (Wildman–Crippen LogP) is 5.02. The average Bonchev–Trinajstić information content (AvgIpc) is 2.66. The summed E-state index contributed by atoms with van der Waals surface area (Å²) in [5, 5.41) is 18.8. The summed E-state index contributed by atoms with van der Waals surface area (Å²) in [5.74, 6) is 0.281. The second-order valence-corrected chi connectivity index (χ2v) is 7.69. The molecule has 3 aromatic carbocycles. The van der Waals surface area contributed by atoms with Crippen molar-refractivity contribution in [3.05, 3.63) is 103 Å². The van der Waals surface area contributed by atoms with Crippen molar-refractivity contribution in [2.75, 3.05) is 0 Å². The fourth-order valence-corrected chi connectivity index (χ4v) is 5.00. The van der Waals surface area contributed by atoms with Crippen molar-refractivity contribution in [2.45, 2.75) is 11.8 Å². The van der Waals surface area contributed by atoms with Gasteiger partial charge < -0.3 is 0 Å². The van der Waals surface area contributed by atoms with Gasteiger partial charge in [-0.1, -0.05) is 30.3 Å². The minimum atomic E-state index is 0.140. The summed E-state index contributed by atoms with van der Waals surface area (Å²) in [4.78, 5) is 0. The Labute approximate surface area is 159 Å². The second-order valence-electron chi connectivity index (χ2n) is 6.52. The van der Waals surface area contributed by atoms with Gasteiger partial charge in [0.2, 0.25) is 0 Å². The normalized spacial score (nSPS) is 18.5. The Morgan fingerprint density at radius 3 is 1.96 bits per heavy atom. The van der Waals surface area contributed by atoms with Gasteiger partial charge in [-0.3, -0.25) is 0 Å². The van der Waals surface area contributed by atoms with E-state index in [2.05, 4.69) is 77.2 Å². The average molecular weight is 430 g/mol. The standard InChI is InChI=1S/C22H11IN2/c23-20-9-19-18(8-13(20)11-25)21-14-3-1-2-4-15(14)22(19)17-7-12(10-24)5-6-16(17)21/h1-9,21-22H. The largest absolute Gasteiger partial charge is 0.192 e. The van der Waals surface area contributed by atoms with E-state index in [1.165, 1.54) is 33.4 Å². The van der Waals surface area contributed by atoms with E-state index < -0.39 is 0 Å². The fraction of sp³-hybridized carbons (Fsp3) is 0.0909. The van der Waals surface area contributed by atoms with Gasteiger partial charge in [0, 0.05) is 15.4 Å². The summed E-state index contributed by atoms with van der Waals surface area (Å²) >= 11 is 2.25. The maximum atomic E-state index is 9.46. The molecule has 3 aliphatic rings. The van der Waals surface area contributed by atoms with Crippen LogP contribution in [0, 0.1) is 26.2 Å². The van der Waals surface area contributed by atoms with Crippen molar-refractivity contribution in [3.8, 4) is 12.1 Å². The molecule has 2 atom stereocenters. The molecule has 0 heterocycles. The van der Waals surface area contributed by atoms with Crippen LogP contribution in [-0.2, 0) is 0 Å². The summed E-state index contributed by atoms with van der Waals surface area (Å²) in [7, 11) is 0. The van der Waals surface area contributed by atoms with Gasteiger partial charge in [-0.25, -0.2) is 0 Å². The smallest absolute Gasteiger partial charge is 0.100 e. The van der Waals surface area contributed by atoms with Crippen LogP contribution in [0.3, 0.4) is 0 Å². The van der Waals surface area contributed by atoms with Crippen LogP contribution in [-0.4, -0.2) is 0 Å². The van der Waals surface area contributed by atoms with E-state index in [1.54, 1.807) is 0 Å². The minimum absolute atomic E-state index is 0.140. The van der Waals surface area contributed by atoms with Crippen molar-refractivity contribution in [2.24, 2.45) is 0 Å². The lowest BCUT2D eigenvalue weighted by Crippen LogP contribution is -2.28. The van der Waals surface area contributed by atoms with Crippen molar-refractivity contribution in [1.29, 1.82) is 10.5 Å². The summed E-state index contributed by atoms with van der Waals surface area (Å²) in [6.07, 6.45) is 0. The first-order chi connectivity index (χ1) is 12.2. The number of hydrogen-bond donors (Lipinski definition) is 0. The van der Waals surface area contributed by atoms with E-state index >= 15 is 0 Å². The molecule has 2 nitrogen and oxygen atoms in total. The van der Waals surface area contributed by atoms with Crippen molar-refractivity contribution in [1.82, 2.24) is 0 Å². The molecular formula is C22H11IN2. The Morgan fingerprint density at radius 2 is 1.28 bits per heavy atom. The molecular weight excluding hydrogens is 419 g/mol. The fourth-order valence-electron chi connectivity index (χ4n) is 4.39. The molecule has 2 bridgehead atoms. The summed E-state index contributed by atoms with van der Waals surface area (Å²) in [5.41, 5.74) is 9.09. The van der Waals surface area contributed by atoms with Gasteiger partial charge in [0.15, 0.2) is 0 Å². The third-order valence-corrected chi connectivity index (χ3v) is 6.26. The molecule has 0 radical (unpaired) electrons. The van der Waals surface area contributed by atoms with Crippen LogP contribution in [0.25, 0.3) is 0 Å². The van der Waals surface area contributed by atoms with Gasteiger partial charge in [0.1, 0.15) is 6.07 Å². The number of nitrogens with zero attached hydrogens (tertiary/aromatic N) is 2. The van der Waals surface area contributed by atoms with Crippen LogP contribution in [0.2, 0.25) is 0 Å². The number of hydrogen-bond acceptors (Lipinski definition) is 2. The van der Waals surface area contributed by atoms with Gasteiger partial charge in [0.05, 0.1) is 17.2 Å². The van der Waals surface area contributed by atoms with Crippen LogP contribution in [0.5, 0.6) is 0 Å². The Balaban J connectivity index is 1.89. The van der Waals surface area contributed by atoms with Crippen molar-refractivity contribution >= 4 is 22.6 Å². The monoisotopic (exact) mass is 430 g/mol. The molecule has 0 aromatic heterocycles. The molecule has 0 fully saturated rings. The molecule has 0 saturated heterocycles. The zero-order valence-electron chi connectivity index (χ0n) is 13.1. The Kier molecular flexibility index (Phi) is 3.04. The quantitative estimate of drug-likeness (QED) is 0.324. The number of rotatable bonds is 0. The maximum Gasteiger partial charge on any atom is 0.100 e. The first kappa shape index (κ1) is 14.7. The first-order valence-corrected chi connectivity index (χ1v) is 9.17. The predicted molar refractivity (Wildman–Crippen MR) is 103 cm³/mol. The van der Waals surface area contributed by atoms with Crippen LogP contribution in [0.15, 0.2) is 54.6 Å². The van der Waals surface area contributed by atoms with E-state index in [0.29, 0.717) is 5.56 Å². The third kappa shape index (κ3) is 1.88. The SMILES string of the molecule is N#Cc1ccc2c(c1)C1c3ccccc3C2c2cc(C#N)c(I)cc21. The Bertz CT molecular complexity index is 1150. The molecule has 0 spiro atoms. The topological polar surface area (TPSA) is 47.6 Å². The Hall–Kier alpha value is -2.63. The maximum absolute atomic E-state index is 9.46. The second kappa shape index (κ2) is 5.18. The molecule has 0 aliphatic heterocycles. The highest BCUT2D eigenvalue weighted by molar-refractivity contribution is 14.1. The lowest BCUT2D eigenvalue weighted by Gasteiger charge is -2.42. The highest BCUT2D eigenvalue weighted by atomic mass is 127. The molecule has 0 saturated carbocycles. The van der Waals surface area contributed by atoms with Crippen LogP contribution in [0.4, 0.5) is 0 Å². The van der Waals surface area contributed by atoms with Crippen LogP contribution >= 0.6 is 22.6 Å². The lowest BCUT2D eigenvalue weighted by molar-refractivity contribution is 0.752. The number of halogens is 1. The van der Waals surface area contributed by atoms with E-state index in [0.717, 1.165) is 9.13 Å². The highest BCUT2D eigenvalue weighted by Gasteiger charge is 2.41. The molecule has 3 aliphatic carbocycles. The van der Waals surface area contributed by atoms with Crippen LogP contribution in [0.1, 0.15) is 56.3 Å². The molecule has 3 aromatic rings. The van der Waals surface area contributed by atoms with Crippen LogP contribution < -0.4 is 0 Å².